The maximum absolute atomic E-state index is 9.35. The Bertz CT molecular complexity index is 558. The number of phenols is 1. The predicted molar refractivity (Wildman–Crippen MR) is 76.7 cm³/mol. The maximum atomic E-state index is 9.35. The highest BCUT2D eigenvalue weighted by molar-refractivity contribution is 6.32. The number of methoxy groups -OCH3 is 1. The van der Waals surface area contributed by atoms with Gasteiger partial charge in [-0.15, -0.1) is 0 Å². The number of halogens is 1. The van der Waals surface area contributed by atoms with Gasteiger partial charge in [0.1, 0.15) is 11.5 Å². The van der Waals surface area contributed by atoms with Gasteiger partial charge in [0.25, 0.3) is 0 Å². The zero-order chi connectivity index (χ0) is 13.7. The molecule has 0 radical (unpaired) electrons. The number of hydrogen-bond donors (Lipinski definition) is 2. The molecular weight excluding hydrogens is 262 g/mol. The molecule has 0 atom stereocenters. The molecule has 2 N–H and O–H groups in total. The molecule has 2 aromatic carbocycles. The van der Waals surface area contributed by atoms with Gasteiger partial charge in [-0.2, -0.15) is 0 Å². The maximum Gasteiger partial charge on any atom is 0.134 e. The Kier molecular flexibility index (Phi) is 4.66. The molecule has 0 spiro atoms. The van der Waals surface area contributed by atoms with Crippen LogP contribution in [-0.4, -0.2) is 12.2 Å². The molecule has 0 fully saturated rings. The quantitative estimate of drug-likeness (QED) is 0.881. The fraction of sp³-hybridized carbons (Fsp3) is 0.200. The van der Waals surface area contributed by atoms with E-state index in [-0.39, 0.29) is 5.75 Å². The Morgan fingerprint density at radius 3 is 2.68 bits per heavy atom. The van der Waals surface area contributed by atoms with E-state index >= 15 is 0 Å². The molecule has 0 unspecified atom stereocenters. The number of hydrogen-bond acceptors (Lipinski definition) is 3. The fourth-order valence-corrected chi connectivity index (χ4v) is 2.05. The Balaban J connectivity index is 1.94. The highest BCUT2D eigenvalue weighted by Crippen LogP contribution is 2.23. The lowest BCUT2D eigenvalue weighted by Crippen LogP contribution is -2.13. The molecule has 19 heavy (non-hydrogen) atoms. The van der Waals surface area contributed by atoms with Crippen LogP contribution in [0.25, 0.3) is 0 Å². The summed E-state index contributed by atoms with van der Waals surface area (Å²) < 4.78 is 5.29. The summed E-state index contributed by atoms with van der Waals surface area (Å²) in [5, 5.41) is 13.0. The van der Waals surface area contributed by atoms with Gasteiger partial charge in [-0.25, -0.2) is 0 Å². The number of rotatable bonds is 5. The number of para-hydroxylation sites is 1. The van der Waals surface area contributed by atoms with Crippen molar-refractivity contribution in [1.82, 2.24) is 5.32 Å². The summed E-state index contributed by atoms with van der Waals surface area (Å²) >= 11 is 5.86. The number of benzene rings is 2. The van der Waals surface area contributed by atoms with Crippen molar-refractivity contribution in [3.05, 3.63) is 58.6 Å². The van der Waals surface area contributed by atoms with Crippen molar-refractivity contribution in [2.75, 3.05) is 7.11 Å². The summed E-state index contributed by atoms with van der Waals surface area (Å²) in [6.45, 7) is 1.39. The lowest BCUT2D eigenvalue weighted by Gasteiger charge is -2.09. The molecule has 2 rings (SSSR count). The van der Waals surface area contributed by atoms with Crippen LogP contribution in [0.4, 0.5) is 0 Å². The van der Waals surface area contributed by atoms with Crippen LogP contribution in [0.1, 0.15) is 11.1 Å². The van der Waals surface area contributed by atoms with Crippen LogP contribution in [0.3, 0.4) is 0 Å². The number of ether oxygens (including phenoxy) is 1. The Morgan fingerprint density at radius 2 is 1.95 bits per heavy atom. The Labute approximate surface area is 117 Å². The van der Waals surface area contributed by atoms with Gasteiger partial charge in [-0.3, -0.25) is 0 Å². The minimum atomic E-state index is 0.107. The van der Waals surface area contributed by atoms with Gasteiger partial charge in [-0.05, 0) is 23.8 Å². The predicted octanol–water partition coefficient (Wildman–Crippen LogP) is 3.34. The fourth-order valence-electron chi connectivity index (χ4n) is 1.85. The second-order valence-electron chi connectivity index (χ2n) is 4.20. The topological polar surface area (TPSA) is 41.5 Å². The minimum Gasteiger partial charge on any atom is -0.506 e. The molecule has 0 aromatic heterocycles. The molecule has 100 valence electrons. The lowest BCUT2D eigenvalue weighted by atomic mass is 10.2. The average Bonchev–Trinajstić information content (AvgIpc) is 2.43. The first-order chi connectivity index (χ1) is 9.20. The second-order valence-corrected chi connectivity index (χ2v) is 4.61. The third kappa shape index (κ3) is 3.63. The molecular formula is C15H16ClNO2. The zero-order valence-electron chi connectivity index (χ0n) is 10.7. The third-order valence-electron chi connectivity index (χ3n) is 2.85. The molecule has 4 heteroatoms. The van der Waals surface area contributed by atoms with Crippen LogP contribution in [0.2, 0.25) is 5.02 Å². The molecule has 0 aliphatic rings. The van der Waals surface area contributed by atoms with Gasteiger partial charge in [0.2, 0.25) is 0 Å². The van der Waals surface area contributed by atoms with Crippen LogP contribution < -0.4 is 10.1 Å². The summed E-state index contributed by atoms with van der Waals surface area (Å²) in [5.41, 5.74) is 2.13. The monoisotopic (exact) mass is 277 g/mol. The van der Waals surface area contributed by atoms with E-state index in [2.05, 4.69) is 5.32 Å². The molecule has 0 saturated heterocycles. The van der Waals surface area contributed by atoms with Gasteiger partial charge in [0.05, 0.1) is 12.1 Å². The lowest BCUT2D eigenvalue weighted by molar-refractivity contribution is 0.407. The minimum absolute atomic E-state index is 0.107. The second kappa shape index (κ2) is 6.45. The van der Waals surface area contributed by atoms with E-state index in [1.54, 1.807) is 19.2 Å². The first kappa shape index (κ1) is 13.7. The summed E-state index contributed by atoms with van der Waals surface area (Å²) in [7, 11) is 1.67. The first-order valence-corrected chi connectivity index (χ1v) is 6.38. The van der Waals surface area contributed by atoms with E-state index in [0.29, 0.717) is 18.1 Å². The van der Waals surface area contributed by atoms with E-state index in [9.17, 15) is 5.11 Å². The summed E-state index contributed by atoms with van der Waals surface area (Å²) in [5.74, 6) is 0.980. The Hall–Kier alpha value is -1.71. The van der Waals surface area contributed by atoms with Crippen molar-refractivity contribution in [2.24, 2.45) is 0 Å². The number of aromatic hydroxyl groups is 1. The van der Waals surface area contributed by atoms with Crippen molar-refractivity contribution < 1.29 is 9.84 Å². The van der Waals surface area contributed by atoms with Gasteiger partial charge in [0.15, 0.2) is 0 Å². The van der Waals surface area contributed by atoms with E-state index in [4.69, 9.17) is 16.3 Å². The summed E-state index contributed by atoms with van der Waals surface area (Å²) in [6.07, 6.45) is 0. The number of phenolic OH excluding ortho intramolecular Hbond substituents is 1. The van der Waals surface area contributed by atoms with Crippen molar-refractivity contribution in [2.45, 2.75) is 13.1 Å². The van der Waals surface area contributed by atoms with E-state index in [1.165, 1.54) is 0 Å². The Morgan fingerprint density at radius 1 is 1.16 bits per heavy atom. The van der Waals surface area contributed by atoms with Crippen molar-refractivity contribution in [3.63, 3.8) is 0 Å². The van der Waals surface area contributed by atoms with Gasteiger partial charge in [-0.1, -0.05) is 35.9 Å². The van der Waals surface area contributed by atoms with Crippen LogP contribution in [-0.2, 0) is 13.1 Å². The van der Waals surface area contributed by atoms with Gasteiger partial charge >= 0.3 is 0 Å². The highest BCUT2D eigenvalue weighted by atomic mass is 35.5. The number of nitrogens with one attached hydrogen (secondary N) is 1. The molecule has 0 aliphatic heterocycles. The van der Waals surface area contributed by atoms with Crippen LogP contribution in [0, 0.1) is 0 Å². The highest BCUT2D eigenvalue weighted by Gasteiger charge is 2.02. The molecule has 0 aliphatic carbocycles. The van der Waals surface area contributed by atoms with Crippen LogP contribution in [0.5, 0.6) is 11.5 Å². The SMILES string of the molecule is COc1ccccc1CNCc1ccc(O)c(Cl)c1. The molecule has 2 aromatic rings. The molecule has 0 bridgehead atoms. The van der Waals surface area contributed by atoms with Crippen LogP contribution in [0.15, 0.2) is 42.5 Å². The van der Waals surface area contributed by atoms with E-state index < -0.39 is 0 Å². The molecule has 0 heterocycles. The zero-order valence-corrected chi connectivity index (χ0v) is 11.4. The largest absolute Gasteiger partial charge is 0.506 e. The van der Waals surface area contributed by atoms with Crippen LogP contribution >= 0.6 is 11.6 Å². The van der Waals surface area contributed by atoms with Gasteiger partial charge < -0.3 is 15.2 Å². The smallest absolute Gasteiger partial charge is 0.134 e. The van der Waals surface area contributed by atoms with E-state index in [1.807, 2.05) is 30.3 Å². The van der Waals surface area contributed by atoms with Gasteiger partial charge in [0, 0.05) is 18.7 Å². The molecule has 0 amide bonds. The van der Waals surface area contributed by atoms with Crippen molar-refractivity contribution in [1.29, 1.82) is 0 Å². The van der Waals surface area contributed by atoms with E-state index in [0.717, 1.165) is 16.9 Å². The van der Waals surface area contributed by atoms with Crippen molar-refractivity contribution in [3.8, 4) is 11.5 Å². The average molecular weight is 278 g/mol. The molecule has 0 saturated carbocycles. The summed E-state index contributed by atoms with van der Waals surface area (Å²) in [6, 6.07) is 13.1. The summed E-state index contributed by atoms with van der Waals surface area (Å²) in [4.78, 5) is 0. The standard InChI is InChI=1S/C15H16ClNO2/c1-19-15-5-3-2-4-12(15)10-17-9-11-6-7-14(18)13(16)8-11/h2-8,17-18H,9-10H2,1H3. The molecule has 3 nitrogen and oxygen atoms in total. The van der Waals surface area contributed by atoms with Crippen molar-refractivity contribution >= 4 is 11.6 Å². The normalized spacial score (nSPS) is 10.4. The third-order valence-corrected chi connectivity index (χ3v) is 3.15. The first-order valence-electron chi connectivity index (χ1n) is 6.00.